The van der Waals surface area contributed by atoms with Gasteiger partial charge in [-0.3, -0.25) is 4.79 Å². The molecule has 0 saturated heterocycles. The van der Waals surface area contributed by atoms with Crippen molar-refractivity contribution in [2.75, 3.05) is 18.0 Å². The summed E-state index contributed by atoms with van der Waals surface area (Å²) in [4.78, 5) is 21.9. The minimum atomic E-state index is -0.354. The van der Waals surface area contributed by atoms with Crippen molar-refractivity contribution < 1.29 is 4.79 Å². The van der Waals surface area contributed by atoms with E-state index in [4.69, 9.17) is 5.73 Å². The largest absolute Gasteiger partial charge is 0.368 e. The lowest BCUT2D eigenvalue weighted by Crippen LogP contribution is -2.37. The van der Waals surface area contributed by atoms with Gasteiger partial charge in [0.1, 0.15) is 16.2 Å². The van der Waals surface area contributed by atoms with Gasteiger partial charge in [0.25, 0.3) is 0 Å². The quantitative estimate of drug-likeness (QED) is 0.778. The number of carbonyl (C=O) groups excluding carboxylic acids is 1. The van der Waals surface area contributed by atoms with Crippen LogP contribution in [0, 0.1) is 5.92 Å². The van der Waals surface area contributed by atoms with Crippen molar-refractivity contribution >= 4 is 27.7 Å². The molecule has 0 unspecified atom stereocenters. The molecule has 1 heterocycles. The fourth-order valence-corrected chi connectivity index (χ4v) is 2.23. The maximum absolute atomic E-state index is 11.2. The Morgan fingerprint density at radius 1 is 1.47 bits per heavy atom. The van der Waals surface area contributed by atoms with Crippen LogP contribution in [0.15, 0.2) is 10.7 Å². The van der Waals surface area contributed by atoms with E-state index in [0.717, 1.165) is 35.6 Å². The molecule has 1 rings (SSSR count). The standard InChI is InChI=1S/C13H21BrN4O/c1-4-5-12-16-10(14)6-13(17-12)18(7-9(2)3)8-11(15)19/h6,9H,4-5,7-8H2,1-3H3,(H2,15,19). The molecule has 6 heteroatoms. The SMILES string of the molecule is CCCc1nc(Br)cc(N(CC(N)=O)CC(C)C)n1. The van der Waals surface area contributed by atoms with Gasteiger partial charge in [0.15, 0.2) is 0 Å². The van der Waals surface area contributed by atoms with Gasteiger partial charge < -0.3 is 10.6 Å². The fourth-order valence-electron chi connectivity index (χ4n) is 1.82. The lowest BCUT2D eigenvalue weighted by Gasteiger charge is -2.24. The molecular weight excluding hydrogens is 308 g/mol. The van der Waals surface area contributed by atoms with Gasteiger partial charge in [0, 0.05) is 19.0 Å². The number of anilines is 1. The van der Waals surface area contributed by atoms with Crippen LogP contribution in [0.4, 0.5) is 5.82 Å². The molecule has 0 aliphatic heterocycles. The van der Waals surface area contributed by atoms with E-state index < -0.39 is 0 Å². The molecule has 0 radical (unpaired) electrons. The number of nitrogens with two attached hydrogens (primary N) is 1. The smallest absolute Gasteiger partial charge is 0.236 e. The van der Waals surface area contributed by atoms with E-state index in [-0.39, 0.29) is 12.5 Å². The second-order valence-electron chi connectivity index (χ2n) is 4.96. The number of aryl methyl sites for hydroxylation is 1. The fraction of sp³-hybridized carbons (Fsp3) is 0.615. The monoisotopic (exact) mass is 328 g/mol. The van der Waals surface area contributed by atoms with Crippen LogP contribution in [0.3, 0.4) is 0 Å². The molecule has 0 bridgehead atoms. The minimum Gasteiger partial charge on any atom is -0.368 e. The third kappa shape index (κ3) is 5.55. The molecule has 5 nitrogen and oxygen atoms in total. The van der Waals surface area contributed by atoms with Gasteiger partial charge in [-0.15, -0.1) is 0 Å². The van der Waals surface area contributed by atoms with Crippen molar-refractivity contribution in [2.24, 2.45) is 11.7 Å². The third-order valence-electron chi connectivity index (χ3n) is 2.46. The van der Waals surface area contributed by atoms with Gasteiger partial charge in [0.2, 0.25) is 5.91 Å². The Kier molecular flexibility index (Phi) is 6.21. The molecule has 106 valence electrons. The first-order chi connectivity index (χ1) is 8.92. The maximum Gasteiger partial charge on any atom is 0.236 e. The zero-order chi connectivity index (χ0) is 14.4. The summed E-state index contributed by atoms with van der Waals surface area (Å²) in [6.07, 6.45) is 1.80. The Bertz CT molecular complexity index is 437. The van der Waals surface area contributed by atoms with Crippen molar-refractivity contribution in [1.82, 2.24) is 9.97 Å². The summed E-state index contributed by atoms with van der Waals surface area (Å²) in [6.45, 7) is 7.18. The van der Waals surface area contributed by atoms with Gasteiger partial charge in [-0.25, -0.2) is 9.97 Å². The van der Waals surface area contributed by atoms with Gasteiger partial charge in [0.05, 0.1) is 6.54 Å². The minimum absolute atomic E-state index is 0.174. The molecule has 0 atom stereocenters. The van der Waals surface area contributed by atoms with E-state index in [1.807, 2.05) is 11.0 Å². The summed E-state index contributed by atoms with van der Waals surface area (Å²) >= 11 is 3.39. The number of primary amides is 1. The lowest BCUT2D eigenvalue weighted by atomic mass is 10.2. The van der Waals surface area contributed by atoms with Crippen LogP contribution < -0.4 is 10.6 Å². The van der Waals surface area contributed by atoms with E-state index in [0.29, 0.717) is 5.92 Å². The van der Waals surface area contributed by atoms with Crippen LogP contribution in [0.5, 0.6) is 0 Å². The van der Waals surface area contributed by atoms with Crippen molar-refractivity contribution in [3.05, 3.63) is 16.5 Å². The molecule has 0 saturated carbocycles. The predicted octanol–water partition coefficient (Wildman–Crippen LogP) is 2.14. The Balaban J connectivity index is 3.02. The number of aromatic nitrogens is 2. The van der Waals surface area contributed by atoms with Crippen LogP contribution in [0.2, 0.25) is 0 Å². The van der Waals surface area contributed by atoms with Crippen LogP contribution in [-0.2, 0) is 11.2 Å². The molecule has 0 aliphatic rings. The summed E-state index contributed by atoms with van der Waals surface area (Å²) < 4.78 is 0.735. The Morgan fingerprint density at radius 3 is 2.68 bits per heavy atom. The number of rotatable bonds is 7. The highest BCUT2D eigenvalue weighted by Crippen LogP contribution is 2.18. The van der Waals surface area contributed by atoms with Gasteiger partial charge in [-0.05, 0) is 28.3 Å². The number of amides is 1. The average Bonchev–Trinajstić information content (AvgIpc) is 2.26. The number of hydrogen-bond acceptors (Lipinski definition) is 4. The van der Waals surface area contributed by atoms with Gasteiger partial charge >= 0.3 is 0 Å². The Labute approximate surface area is 122 Å². The lowest BCUT2D eigenvalue weighted by molar-refractivity contribution is -0.116. The number of hydrogen-bond donors (Lipinski definition) is 1. The van der Waals surface area contributed by atoms with Gasteiger partial charge in [-0.2, -0.15) is 0 Å². The topological polar surface area (TPSA) is 72.1 Å². The maximum atomic E-state index is 11.2. The number of halogens is 1. The number of nitrogens with zero attached hydrogens (tertiary/aromatic N) is 3. The van der Waals surface area contributed by atoms with Crippen LogP contribution in [-0.4, -0.2) is 29.0 Å². The van der Waals surface area contributed by atoms with E-state index >= 15 is 0 Å². The highest BCUT2D eigenvalue weighted by atomic mass is 79.9. The Morgan fingerprint density at radius 2 is 2.16 bits per heavy atom. The normalized spacial score (nSPS) is 10.8. The van der Waals surface area contributed by atoms with E-state index in [9.17, 15) is 4.79 Å². The summed E-state index contributed by atoms with van der Waals surface area (Å²) in [5, 5.41) is 0. The molecule has 0 aromatic carbocycles. The molecule has 1 aromatic rings. The summed E-state index contributed by atoms with van der Waals surface area (Å²) in [6, 6.07) is 1.82. The average molecular weight is 329 g/mol. The van der Waals surface area contributed by atoms with Gasteiger partial charge in [-0.1, -0.05) is 20.8 Å². The van der Waals surface area contributed by atoms with Crippen molar-refractivity contribution in [2.45, 2.75) is 33.6 Å². The number of carbonyl (C=O) groups is 1. The van der Waals surface area contributed by atoms with Crippen LogP contribution >= 0.6 is 15.9 Å². The highest BCUT2D eigenvalue weighted by Gasteiger charge is 2.14. The third-order valence-corrected chi connectivity index (χ3v) is 2.86. The summed E-state index contributed by atoms with van der Waals surface area (Å²) in [5.74, 6) is 1.60. The van der Waals surface area contributed by atoms with E-state index in [2.05, 4.69) is 46.7 Å². The zero-order valence-corrected chi connectivity index (χ0v) is 13.3. The predicted molar refractivity (Wildman–Crippen MR) is 80.0 cm³/mol. The van der Waals surface area contributed by atoms with Crippen molar-refractivity contribution in [3.8, 4) is 0 Å². The first kappa shape index (κ1) is 15.9. The summed E-state index contributed by atoms with van der Waals surface area (Å²) in [5.41, 5.74) is 5.31. The molecular formula is C13H21BrN4O. The molecule has 0 fully saturated rings. The molecule has 0 spiro atoms. The highest BCUT2D eigenvalue weighted by molar-refractivity contribution is 9.10. The first-order valence-electron chi connectivity index (χ1n) is 6.49. The molecule has 19 heavy (non-hydrogen) atoms. The van der Waals surface area contributed by atoms with Crippen molar-refractivity contribution in [1.29, 1.82) is 0 Å². The molecule has 1 aromatic heterocycles. The van der Waals surface area contributed by atoms with Crippen LogP contribution in [0.1, 0.15) is 33.0 Å². The van der Waals surface area contributed by atoms with Crippen LogP contribution in [0.25, 0.3) is 0 Å². The Hall–Kier alpha value is -1.17. The second-order valence-corrected chi connectivity index (χ2v) is 5.77. The second kappa shape index (κ2) is 7.43. The molecule has 0 aliphatic carbocycles. The van der Waals surface area contributed by atoms with E-state index in [1.54, 1.807) is 0 Å². The van der Waals surface area contributed by atoms with Crippen molar-refractivity contribution in [3.63, 3.8) is 0 Å². The van der Waals surface area contributed by atoms with E-state index in [1.165, 1.54) is 0 Å². The molecule has 2 N–H and O–H groups in total. The first-order valence-corrected chi connectivity index (χ1v) is 7.28. The summed E-state index contributed by atoms with van der Waals surface area (Å²) in [7, 11) is 0. The molecule has 1 amide bonds. The zero-order valence-electron chi connectivity index (χ0n) is 11.7.